The molecule has 10 heteroatoms. The van der Waals surface area contributed by atoms with Gasteiger partial charge in [0.25, 0.3) is 0 Å². The average Bonchev–Trinajstić information content (AvgIpc) is 2.70. The van der Waals surface area contributed by atoms with E-state index in [0.717, 1.165) is 0 Å². The smallest absolute Gasteiger partial charge is 0.408 e. The Labute approximate surface area is 173 Å². The van der Waals surface area contributed by atoms with E-state index in [1.807, 2.05) is 0 Å². The number of Topliss-reactive ketones (excluding diaryl/α,β-unsaturated/α-hetero) is 1. The van der Waals surface area contributed by atoms with Crippen molar-refractivity contribution in [2.75, 3.05) is 5.75 Å². The molecule has 9 nitrogen and oxygen atoms in total. The number of carbonyl (C=O) groups is 3. The normalized spacial score (nSPS) is 13.1. The summed E-state index contributed by atoms with van der Waals surface area (Å²) >= 11 is 0. The Morgan fingerprint density at radius 1 is 0.967 bits per heavy atom. The van der Waals surface area contributed by atoms with Crippen LogP contribution in [0.15, 0.2) is 60.7 Å². The average molecular weight is 434 g/mol. The molecular weight excluding hydrogens is 412 g/mol. The lowest BCUT2D eigenvalue weighted by molar-refractivity contribution is -0.141. The third-order valence-electron chi connectivity index (χ3n) is 4.07. The van der Waals surface area contributed by atoms with Gasteiger partial charge >= 0.3 is 12.1 Å². The van der Waals surface area contributed by atoms with Crippen molar-refractivity contribution in [3.63, 3.8) is 0 Å². The number of aliphatic carboxylic acids is 1. The minimum atomic E-state index is -3.92. The van der Waals surface area contributed by atoms with Crippen LogP contribution in [0.5, 0.6) is 0 Å². The van der Waals surface area contributed by atoms with Crippen molar-refractivity contribution in [1.82, 2.24) is 5.32 Å². The maximum Gasteiger partial charge on any atom is 0.408 e. The van der Waals surface area contributed by atoms with Gasteiger partial charge in [0.15, 0.2) is 15.6 Å². The van der Waals surface area contributed by atoms with Crippen molar-refractivity contribution < 1.29 is 32.6 Å². The van der Waals surface area contributed by atoms with Crippen LogP contribution < -0.4 is 11.1 Å². The van der Waals surface area contributed by atoms with E-state index >= 15 is 0 Å². The van der Waals surface area contributed by atoms with Gasteiger partial charge in [0, 0.05) is 0 Å². The zero-order valence-electron chi connectivity index (χ0n) is 15.9. The Balaban J connectivity index is 2.04. The number of amides is 1. The lowest BCUT2D eigenvalue weighted by atomic mass is 10.1. The lowest BCUT2D eigenvalue weighted by Gasteiger charge is -2.21. The van der Waals surface area contributed by atoms with E-state index in [2.05, 4.69) is 5.32 Å². The van der Waals surface area contributed by atoms with Crippen LogP contribution in [0, 0.1) is 0 Å². The first-order valence-electron chi connectivity index (χ1n) is 8.90. The Hall–Kier alpha value is -3.24. The maximum absolute atomic E-state index is 12.5. The summed E-state index contributed by atoms with van der Waals surface area (Å²) in [6.45, 7) is -0.123. The molecule has 2 atom stereocenters. The molecule has 2 aromatic carbocycles. The van der Waals surface area contributed by atoms with E-state index in [1.165, 1.54) is 0 Å². The topological polar surface area (TPSA) is 153 Å². The number of nitrogens with one attached hydrogen (secondary N) is 1. The van der Waals surface area contributed by atoms with Crippen molar-refractivity contribution in [1.29, 1.82) is 0 Å². The molecule has 4 N–H and O–H groups in total. The molecule has 2 unspecified atom stereocenters. The Kier molecular flexibility index (Phi) is 8.07. The molecule has 2 aromatic rings. The number of benzene rings is 2. The van der Waals surface area contributed by atoms with Crippen LogP contribution in [0.3, 0.4) is 0 Å². The number of rotatable bonds is 10. The number of ketones is 1. The van der Waals surface area contributed by atoms with Crippen LogP contribution in [0.4, 0.5) is 4.79 Å². The van der Waals surface area contributed by atoms with Gasteiger partial charge in [-0.2, -0.15) is 0 Å². The molecule has 0 heterocycles. The van der Waals surface area contributed by atoms with Gasteiger partial charge in [0.2, 0.25) is 0 Å². The highest BCUT2D eigenvalue weighted by atomic mass is 32.2. The fraction of sp³-hybridized carbons (Fsp3) is 0.250. The van der Waals surface area contributed by atoms with Gasteiger partial charge in [0.1, 0.15) is 24.4 Å². The van der Waals surface area contributed by atoms with Crippen molar-refractivity contribution in [3.8, 4) is 0 Å². The predicted octanol–water partition coefficient (Wildman–Crippen LogP) is 0.877. The van der Waals surface area contributed by atoms with Crippen LogP contribution in [0.25, 0.3) is 0 Å². The first-order chi connectivity index (χ1) is 14.2. The predicted molar refractivity (Wildman–Crippen MR) is 108 cm³/mol. The molecule has 0 aromatic heterocycles. The maximum atomic E-state index is 12.5. The minimum absolute atomic E-state index is 0.123. The van der Waals surface area contributed by atoms with Gasteiger partial charge in [-0.25, -0.2) is 13.2 Å². The highest BCUT2D eigenvalue weighted by Gasteiger charge is 2.35. The number of carboxylic acids is 1. The molecule has 30 heavy (non-hydrogen) atoms. The first-order valence-corrected chi connectivity index (χ1v) is 10.7. The molecule has 0 aliphatic heterocycles. The highest BCUT2D eigenvalue weighted by molar-refractivity contribution is 7.91. The molecule has 0 spiro atoms. The molecule has 0 fully saturated rings. The zero-order chi connectivity index (χ0) is 22.1. The summed E-state index contributed by atoms with van der Waals surface area (Å²) in [5.41, 5.74) is 6.64. The van der Waals surface area contributed by atoms with Gasteiger partial charge in [-0.05, 0) is 11.1 Å². The van der Waals surface area contributed by atoms with E-state index in [0.29, 0.717) is 11.1 Å². The van der Waals surface area contributed by atoms with Crippen LogP contribution in [0.2, 0.25) is 0 Å². The second-order valence-electron chi connectivity index (χ2n) is 6.53. The molecule has 0 saturated carbocycles. The van der Waals surface area contributed by atoms with Crippen LogP contribution in [-0.2, 0) is 36.5 Å². The van der Waals surface area contributed by atoms with Crippen molar-refractivity contribution in [3.05, 3.63) is 71.8 Å². The summed E-state index contributed by atoms with van der Waals surface area (Å²) in [5, 5.41) is 11.2. The van der Waals surface area contributed by atoms with E-state index in [-0.39, 0.29) is 6.61 Å². The van der Waals surface area contributed by atoms with Crippen molar-refractivity contribution in [2.24, 2.45) is 5.73 Å². The number of carbonyl (C=O) groups excluding carboxylic acids is 2. The fourth-order valence-corrected chi connectivity index (χ4v) is 4.01. The van der Waals surface area contributed by atoms with Gasteiger partial charge in [-0.1, -0.05) is 60.7 Å². The lowest BCUT2D eigenvalue weighted by Crippen LogP contribution is -2.57. The molecule has 2 rings (SSSR count). The molecule has 160 valence electrons. The Morgan fingerprint density at radius 3 is 2.03 bits per heavy atom. The number of hydrogen-bond acceptors (Lipinski definition) is 7. The summed E-state index contributed by atoms with van der Waals surface area (Å²) in [4.78, 5) is 35.8. The van der Waals surface area contributed by atoms with E-state index in [9.17, 15) is 22.8 Å². The Morgan fingerprint density at radius 2 is 1.50 bits per heavy atom. The largest absolute Gasteiger partial charge is 0.480 e. The molecule has 0 saturated heterocycles. The van der Waals surface area contributed by atoms with E-state index in [4.69, 9.17) is 15.6 Å². The number of carboxylic acid groups (broad SMARTS) is 1. The standard InChI is InChI=1S/C20H22N2O7S/c21-17(19(24)25)18(22-20(26)29-11-14-7-3-1-4-8-14)16(23)13-30(27,28)12-15-9-5-2-6-10-15/h1-10,17-18H,11-13,21H2,(H,22,26)(H,24,25). The summed E-state index contributed by atoms with van der Waals surface area (Å²) < 4.78 is 29.7. The summed E-state index contributed by atoms with van der Waals surface area (Å²) in [6.07, 6.45) is -1.09. The fourth-order valence-electron chi connectivity index (χ4n) is 2.59. The monoisotopic (exact) mass is 434 g/mol. The summed E-state index contributed by atoms with van der Waals surface area (Å²) in [5.74, 6) is -4.01. The number of hydrogen-bond donors (Lipinski definition) is 3. The van der Waals surface area contributed by atoms with Crippen LogP contribution in [-0.4, -0.2) is 49.2 Å². The van der Waals surface area contributed by atoms with Crippen LogP contribution in [0.1, 0.15) is 11.1 Å². The number of ether oxygens (including phenoxy) is 1. The Bertz CT molecular complexity index is 979. The molecule has 0 aliphatic carbocycles. The molecule has 0 radical (unpaired) electrons. The first kappa shape index (κ1) is 23.0. The van der Waals surface area contributed by atoms with Gasteiger partial charge in [-0.3, -0.25) is 9.59 Å². The van der Waals surface area contributed by atoms with E-state index < -0.39 is 51.3 Å². The van der Waals surface area contributed by atoms with Gasteiger partial charge in [0.05, 0.1) is 5.75 Å². The summed E-state index contributed by atoms with van der Waals surface area (Å²) in [6, 6.07) is 13.2. The third-order valence-corrected chi connectivity index (χ3v) is 5.57. The number of sulfone groups is 1. The highest BCUT2D eigenvalue weighted by Crippen LogP contribution is 2.08. The number of alkyl carbamates (subject to hydrolysis) is 1. The molecular formula is C20H22N2O7S. The van der Waals surface area contributed by atoms with Crippen molar-refractivity contribution >= 4 is 27.7 Å². The van der Waals surface area contributed by atoms with Crippen molar-refractivity contribution in [2.45, 2.75) is 24.4 Å². The molecule has 0 bridgehead atoms. The zero-order valence-corrected chi connectivity index (χ0v) is 16.7. The quantitative estimate of drug-likeness (QED) is 0.498. The van der Waals surface area contributed by atoms with E-state index in [1.54, 1.807) is 60.7 Å². The third kappa shape index (κ3) is 7.30. The second kappa shape index (κ2) is 10.5. The van der Waals surface area contributed by atoms with Gasteiger partial charge < -0.3 is 20.9 Å². The SMILES string of the molecule is NC(C(=O)O)C(NC(=O)OCc1ccccc1)C(=O)CS(=O)(=O)Cc1ccccc1. The second-order valence-corrected chi connectivity index (χ2v) is 8.60. The summed E-state index contributed by atoms with van der Waals surface area (Å²) in [7, 11) is -3.92. The van der Waals surface area contributed by atoms with Gasteiger partial charge in [-0.15, -0.1) is 0 Å². The minimum Gasteiger partial charge on any atom is -0.480 e. The van der Waals surface area contributed by atoms with Crippen LogP contribution >= 0.6 is 0 Å². The number of nitrogens with two attached hydrogens (primary N) is 1. The molecule has 0 aliphatic rings. The molecule has 1 amide bonds.